The van der Waals surface area contributed by atoms with Crippen LogP contribution in [-0.4, -0.2) is 32.6 Å². The number of likely N-dealkylation sites (N-methyl/N-ethyl adjacent to an activating group) is 1. The largest absolute Gasteiger partial charge is 0.383 e. The summed E-state index contributed by atoms with van der Waals surface area (Å²) in [5.74, 6) is 0.0739. The molecule has 0 amide bonds. The Kier molecular flexibility index (Phi) is 5.15. The van der Waals surface area contributed by atoms with Crippen LogP contribution in [0.1, 0.15) is 24.2 Å². The van der Waals surface area contributed by atoms with Gasteiger partial charge in [0.25, 0.3) is 0 Å². The van der Waals surface area contributed by atoms with Crippen LogP contribution in [0.5, 0.6) is 0 Å². The van der Waals surface area contributed by atoms with Crippen LogP contribution < -0.4 is 4.90 Å². The van der Waals surface area contributed by atoms with Gasteiger partial charge in [0, 0.05) is 30.2 Å². The third kappa shape index (κ3) is 3.54. The third-order valence-electron chi connectivity index (χ3n) is 2.80. The van der Waals surface area contributed by atoms with Crippen LogP contribution in [0, 0.1) is 0 Å². The molecule has 0 aromatic heterocycles. The Morgan fingerprint density at radius 1 is 1.53 bits per heavy atom. The van der Waals surface area contributed by atoms with E-state index < -0.39 is 0 Å². The van der Waals surface area contributed by atoms with Crippen molar-refractivity contribution in [3.63, 3.8) is 0 Å². The minimum atomic E-state index is 0.0739. The van der Waals surface area contributed by atoms with E-state index in [1.54, 1.807) is 14.0 Å². The number of methoxy groups -OCH3 is 1. The summed E-state index contributed by atoms with van der Waals surface area (Å²) in [6.45, 7) is 4.32. The highest BCUT2D eigenvalue weighted by molar-refractivity contribution is 9.10. The molecule has 0 aliphatic heterocycles. The number of ether oxygens (including phenoxy) is 1. The first-order valence-electron chi connectivity index (χ1n) is 5.49. The van der Waals surface area contributed by atoms with E-state index in [1.165, 1.54) is 0 Å². The predicted molar refractivity (Wildman–Crippen MR) is 73.9 cm³/mol. The molecule has 3 nitrogen and oxygen atoms in total. The van der Waals surface area contributed by atoms with Gasteiger partial charge in [0.1, 0.15) is 0 Å². The highest BCUT2D eigenvalue weighted by Gasteiger charge is 2.13. The number of benzene rings is 1. The normalized spacial score (nSPS) is 12.3. The smallest absolute Gasteiger partial charge is 0.159 e. The molecule has 0 heterocycles. The van der Waals surface area contributed by atoms with E-state index in [1.807, 2.05) is 25.2 Å². The summed E-state index contributed by atoms with van der Waals surface area (Å²) in [5, 5.41) is 0. The molecule has 17 heavy (non-hydrogen) atoms. The number of carbonyl (C=O) groups is 1. The van der Waals surface area contributed by atoms with Crippen molar-refractivity contribution in [2.24, 2.45) is 0 Å². The van der Waals surface area contributed by atoms with E-state index in [0.29, 0.717) is 12.2 Å². The van der Waals surface area contributed by atoms with Crippen LogP contribution in [0.25, 0.3) is 0 Å². The van der Waals surface area contributed by atoms with Gasteiger partial charge in [-0.15, -0.1) is 0 Å². The molecule has 0 radical (unpaired) electrons. The second-order valence-electron chi connectivity index (χ2n) is 4.14. The zero-order valence-corrected chi connectivity index (χ0v) is 12.2. The Morgan fingerprint density at radius 2 is 2.18 bits per heavy atom. The highest BCUT2D eigenvalue weighted by Crippen LogP contribution is 2.28. The van der Waals surface area contributed by atoms with Crippen molar-refractivity contribution in [3.8, 4) is 0 Å². The van der Waals surface area contributed by atoms with Crippen molar-refractivity contribution < 1.29 is 9.53 Å². The standard InChI is InChI=1S/C13H18BrNO2/c1-9(8-17-4)15(3)13-6-5-11(10(2)16)7-12(13)14/h5-7,9H,8H2,1-4H3. The summed E-state index contributed by atoms with van der Waals surface area (Å²) in [6, 6.07) is 5.93. The molecule has 1 aromatic rings. The molecular weight excluding hydrogens is 282 g/mol. The highest BCUT2D eigenvalue weighted by atomic mass is 79.9. The number of Topliss-reactive ketones (excluding diaryl/α,β-unsaturated/α-hetero) is 1. The fraction of sp³-hybridized carbons (Fsp3) is 0.462. The van der Waals surface area contributed by atoms with Crippen molar-refractivity contribution >= 4 is 27.4 Å². The Balaban J connectivity index is 2.95. The predicted octanol–water partition coefficient (Wildman–Crippen LogP) is 3.12. The van der Waals surface area contributed by atoms with Gasteiger partial charge in [0.15, 0.2) is 5.78 Å². The summed E-state index contributed by atoms with van der Waals surface area (Å²) in [5.41, 5.74) is 1.77. The van der Waals surface area contributed by atoms with Crippen molar-refractivity contribution in [2.45, 2.75) is 19.9 Å². The SMILES string of the molecule is COCC(C)N(C)c1ccc(C(C)=O)cc1Br. The lowest BCUT2D eigenvalue weighted by Crippen LogP contribution is -2.32. The summed E-state index contributed by atoms with van der Waals surface area (Å²) >= 11 is 3.50. The first-order chi connectivity index (χ1) is 7.97. The topological polar surface area (TPSA) is 29.5 Å². The van der Waals surface area contributed by atoms with Gasteiger partial charge in [-0.05, 0) is 48.0 Å². The average Bonchev–Trinajstić information content (AvgIpc) is 2.28. The molecule has 0 saturated carbocycles. The van der Waals surface area contributed by atoms with Gasteiger partial charge in [-0.1, -0.05) is 0 Å². The van der Waals surface area contributed by atoms with Crippen LogP contribution in [0.15, 0.2) is 22.7 Å². The number of halogens is 1. The minimum Gasteiger partial charge on any atom is -0.383 e. The molecule has 1 aromatic carbocycles. The van der Waals surface area contributed by atoms with Crippen LogP contribution in [0.4, 0.5) is 5.69 Å². The third-order valence-corrected chi connectivity index (χ3v) is 3.44. The van der Waals surface area contributed by atoms with Gasteiger partial charge in [0.2, 0.25) is 0 Å². The van der Waals surface area contributed by atoms with Gasteiger partial charge in [-0.3, -0.25) is 4.79 Å². The Morgan fingerprint density at radius 3 is 2.65 bits per heavy atom. The first kappa shape index (κ1) is 14.2. The van der Waals surface area contributed by atoms with Gasteiger partial charge in [0.05, 0.1) is 12.3 Å². The van der Waals surface area contributed by atoms with E-state index in [4.69, 9.17) is 4.74 Å². The maximum absolute atomic E-state index is 11.3. The average molecular weight is 300 g/mol. The van der Waals surface area contributed by atoms with E-state index in [2.05, 4.69) is 27.8 Å². The van der Waals surface area contributed by atoms with Gasteiger partial charge >= 0.3 is 0 Å². The second kappa shape index (κ2) is 6.17. The van der Waals surface area contributed by atoms with Crippen molar-refractivity contribution in [1.29, 1.82) is 0 Å². The van der Waals surface area contributed by atoms with Crippen molar-refractivity contribution in [3.05, 3.63) is 28.2 Å². The number of nitrogens with zero attached hydrogens (tertiary/aromatic N) is 1. The molecular formula is C13H18BrNO2. The quantitative estimate of drug-likeness (QED) is 0.783. The summed E-state index contributed by atoms with van der Waals surface area (Å²) < 4.78 is 6.06. The lowest BCUT2D eigenvalue weighted by atomic mass is 10.1. The van der Waals surface area contributed by atoms with Gasteiger partial charge in [-0.25, -0.2) is 0 Å². The van der Waals surface area contributed by atoms with Crippen LogP contribution in [0.3, 0.4) is 0 Å². The molecule has 0 saturated heterocycles. The molecule has 0 aliphatic carbocycles. The van der Waals surface area contributed by atoms with Crippen molar-refractivity contribution in [2.75, 3.05) is 25.7 Å². The molecule has 1 atom stereocenters. The molecule has 4 heteroatoms. The molecule has 0 spiro atoms. The second-order valence-corrected chi connectivity index (χ2v) is 4.99. The Hall–Kier alpha value is -0.870. The number of anilines is 1. The molecule has 94 valence electrons. The lowest BCUT2D eigenvalue weighted by molar-refractivity contribution is 0.101. The van der Waals surface area contributed by atoms with E-state index in [0.717, 1.165) is 10.2 Å². The van der Waals surface area contributed by atoms with Crippen molar-refractivity contribution in [1.82, 2.24) is 0 Å². The zero-order valence-electron chi connectivity index (χ0n) is 10.7. The number of hydrogen-bond acceptors (Lipinski definition) is 3. The number of carbonyl (C=O) groups excluding carboxylic acids is 1. The minimum absolute atomic E-state index is 0.0739. The van der Waals surface area contributed by atoms with E-state index >= 15 is 0 Å². The van der Waals surface area contributed by atoms with Crippen LogP contribution in [0.2, 0.25) is 0 Å². The fourth-order valence-corrected chi connectivity index (χ4v) is 2.26. The molecule has 1 unspecified atom stereocenters. The number of rotatable bonds is 5. The van der Waals surface area contributed by atoms with E-state index in [9.17, 15) is 4.79 Å². The summed E-state index contributed by atoms with van der Waals surface area (Å²) in [7, 11) is 3.70. The summed E-state index contributed by atoms with van der Waals surface area (Å²) in [6.07, 6.45) is 0. The lowest BCUT2D eigenvalue weighted by Gasteiger charge is -2.27. The van der Waals surface area contributed by atoms with E-state index in [-0.39, 0.29) is 11.8 Å². The van der Waals surface area contributed by atoms with Crippen LogP contribution in [-0.2, 0) is 4.74 Å². The summed E-state index contributed by atoms with van der Waals surface area (Å²) in [4.78, 5) is 13.4. The number of ketones is 1. The molecule has 1 rings (SSSR count). The molecule has 0 N–H and O–H groups in total. The fourth-order valence-electron chi connectivity index (χ4n) is 1.60. The Labute approximate surface area is 111 Å². The first-order valence-corrected chi connectivity index (χ1v) is 6.29. The van der Waals surface area contributed by atoms with Gasteiger partial charge < -0.3 is 9.64 Å². The van der Waals surface area contributed by atoms with Gasteiger partial charge in [-0.2, -0.15) is 0 Å². The maximum atomic E-state index is 11.3. The maximum Gasteiger partial charge on any atom is 0.159 e. The van der Waals surface area contributed by atoms with Crippen LogP contribution >= 0.6 is 15.9 Å². The monoisotopic (exact) mass is 299 g/mol. The number of hydrogen-bond donors (Lipinski definition) is 0. The zero-order chi connectivity index (χ0) is 13.0. The molecule has 0 aliphatic rings. The Bertz CT molecular complexity index is 406. The molecule has 0 bridgehead atoms. The molecule has 0 fully saturated rings.